The van der Waals surface area contributed by atoms with E-state index in [0.717, 1.165) is 43.6 Å². The molecule has 1 aliphatic heterocycles. The van der Waals surface area contributed by atoms with Gasteiger partial charge in [0.25, 0.3) is 5.91 Å². The summed E-state index contributed by atoms with van der Waals surface area (Å²) in [6, 6.07) is 5.25. The fraction of sp³-hybridized carbons (Fsp3) is 0.704. The van der Waals surface area contributed by atoms with Crippen LogP contribution in [-0.2, 0) is 4.79 Å². The van der Waals surface area contributed by atoms with Crippen molar-refractivity contribution in [3.8, 4) is 11.5 Å². The van der Waals surface area contributed by atoms with Gasteiger partial charge in [0.1, 0.15) is 11.5 Å². The van der Waals surface area contributed by atoms with Crippen LogP contribution >= 0.6 is 0 Å². The van der Waals surface area contributed by atoms with E-state index in [1.54, 1.807) is 32.4 Å². The average molecular weight is 455 g/mol. The minimum absolute atomic E-state index is 0.00487. The molecule has 2 amide bonds. The van der Waals surface area contributed by atoms with Gasteiger partial charge in [-0.25, -0.2) is 0 Å². The second-order valence-corrected chi connectivity index (χ2v) is 11.1. The van der Waals surface area contributed by atoms with Crippen molar-refractivity contribution in [1.82, 2.24) is 10.2 Å². The van der Waals surface area contributed by atoms with E-state index >= 15 is 0 Å². The van der Waals surface area contributed by atoms with Crippen molar-refractivity contribution in [2.45, 2.75) is 57.8 Å². The van der Waals surface area contributed by atoms with Crippen molar-refractivity contribution in [2.24, 2.45) is 29.1 Å². The largest absolute Gasteiger partial charge is 0.497 e. The van der Waals surface area contributed by atoms with E-state index in [0.29, 0.717) is 35.6 Å². The fourth-order valence-corrected chi connectivity index (χ4v) is 7.65. The lowest BCUT2D eigenvalue weighted by Gasteiger charge is -2.57. The highest BCUT2D eigenvalue weighted by Crippen LogP contribution is 2.61. The average Bonchev–Trinajstić information content (AvgIpc) is 2.82. The molecule has 33 heavy (non-hydrogen) atoms. The van der Waals surface area contributed by atoms with E-state index in [4.69, 9.17) is 9.47 Å². The third-order valence-corrected chi connectivity index (χ3v) is 8.87. The standard InChI is InChI=1S/C27H38N2O4/c1-32-23-12-22(13-24(14-23)33-2)26(31)29-7-3-21(4-8-29)25(30)28-6-5-27-15-18-9-19(16-27)11-20(10-18)17-27/h12-14,18-21H,3-11,15-17H2,1-2H3,(H,28,30). The van der Waals surface area contributed by atoms with Crippen LogP contribution in [0.4, 0.5) is 0 Å². The van der Waals surface area contributed by atoms with Crippen LogP contribution in [0.1, 0.15) is 68.1 Å². The Labute approximate surface area is 197 Å². The smallest absolute Gasteiger partial charge is 0.254 e. The molecule has 4 saturated carbocycles. The SMILES string of the molecule is COc1cc(OC)cc(C(=O)N2CCC(C(=O)NCCC34CC5CC(CC(C5)C3)C4)CC2)c1. The maximum Gasteiger partial charge on any atom is 0.254 e. The molecule has 6 nitrogen and oxygen atoms in total. The molecular formula is C27H38N2O4. The summed E-state index contributed by atoms with van der Waals surface area (Å²) < 4.78 is 10.6. The zero-order chi connectivity index (χ0) is 23.0. The third-order valence-electron chi connectivity index (χ3n) is 8.87. The maximum atomic E-state index is 13.0. The molecule has 5 fully saturated rings. The van der Waals surface area contributed by atoms with Gasteiger partial charge in [0.2, 0.25) is 5.91 Å². The van der Waals surface area contributed by atoms with Gasteiger partial charge in [0.05, 0.1) is 14.2 Å². The Morgan fingerprint density at radius 3 is 2.00 bits per heavy atom. The third kappa shape index (κ3) is 4.71. The number of piperidine rings is 1. The summed E-state index contributed by atoms with van der Waals surface area (Å²) in [5, 5.41) is 3.26. The molecule has 0 atom stereocenters. The zero-order valence-electron chi connectivity index (χ0n) is 20.1. The normalized spacial score (nSPS) is 30.8. The van der Waals surface area contributed by atoms with Gasteiger partial charge < -0.3 is 19.7 Å². The van der Waals surface area contributed by atoms with Crippen molar-refractivity contribution in [3.63, 3.8) is 0 Å². The van der Waals surface area contributed by atoms with Crippen molar-refractivity contribution in [1.29, 1.82) is 0 Å². The lowest BCUT2D eigenvalue weighted by atomic mass is 9.49. The van der Waals surface area contributed by atoms with Crippen LogP contribution in [-0.4, -0.2) is 50.6 Å². The predicted molar refractivity (Wildman–Crippen MR) is 126 cm³/mol. The van der Waals surface area contributed by atoms with E-state index in [1.807, 2.05) is 4.90 Å². The molecule has 1 aromatic carbocycles. The first kappa shape index (κ1) is 22.5. The van der Waals surface area contributed by atoms with Crippen LogP contribution < -0.4 is 14.8 Å². The summed E-state index contributed by atoms with van der Waals surface area (Å²) in [5.74, 6) is 4.22. The topological polar surface area (TPSA) is 67.9 Å². The molecule has 4 aliphatic carbocycles. The van der Waals surface area contributed by atoms with E-state index in [-0.39, 0.29) is 17.7 Å². The number of rotatable bonds is 7. The maximum absolute atomic E-state index is 13.0. The first-order valence-electron chi connectivity index (χ1n) is 12.8. The first-order valence-corrected chi connectivity index (χ1v) is 12.8. The quantitative estimate of drug-likeness (QED) is 0.668. The van der Waals surface area contributed by atoms with Crippen LogP contribution in [0.5, 0.6) is 11.5 Å². The number of benzene rings is 1. The molecule has 1 heterocycles. The molecule has 6 heteroatoms. The van der Waals surface area contributed by atoms with Crippen LogP contribution in [0.3, 0.4) is 0 Å². The Morgan fingerprint density at radius 1 is 0.939 bits per heavy atom. The van der Waals surface area contributed by atoms with Gasteiger partial charge in [-0.3, -0.25) is 9.59 Å². The second-order valence-electron chi connectivity index (χ2n) is 11.1. The minimum Gasteiger partial charge on any atom is -0.497 e. The number of hydrogen-bond donors (Lipinski definition) is 1. The number of carbonyl (C=O) groups excluding carboxylic acids is 2. The number of likely N-dealkylation sites (tertiary alicyclic amines) is 1. The summed E-state index contributed by atoms with van der Waals surface area (Å²) in [6.07, 6.45) is 11.2. The van der Waals surface area contributed by atoms with Crippen LogP contribution in [0.25, 0.3) is 0 Å². The molecule has 0 aromatic heterocycles. The second kappa shape index (κ2) is 9.19. The van der Waals surface area contributed by atoms with E-state index in [2.05, 4.69) is 5.32 Å². The minimum atomic E-state index is -0.0344. The number of ether oxygens (including phenoxy) is 2. The van der Waals surface area contributed by atoms with Crippen molar-refractivity contribution < 1.29 is 19.1 Å². The van der Waals surface area contributed by atoms with E-state index in [1.165, 1.54) is 38.5 Å². The highest BCUT2D eigenvalue weighted by Gasteiger charge is 2.50. The van der Waals surface area contributed by atoms with Crippen LogP contribution in [0.15, 0.2) is 18.2 Å². The molecule has 0 spiro atoms. The summed E-state index contributed by atoms with van der Waals surface area (Å²) in [4.78, 5) is 27.7. The molecule has 0 radical (unpaired) electrons. The van der Waals surface area contributed by atoms with Gasteiger partial charge in [-0.2, -0.15) is 0 Å². The summed E-state index contributed by atoms with van der Waals surface area (Å²) in [6.45, 7) is 2.02. The number of nitrogens with zero attached hydrogens (tertiary/aromatic N) is 1. The summed E-state index contributed by atoms with van der Waals surface area (Å²) in [5.41, 5.74) is 1.07. The van der Waals surface area contributed by atoms with E-state index < -0.39 is 0 Å². The van der Waals surface area contributed by atoms with Crippen molar-refractivity contribution in [2.75, 3.05) is 33.9 Å². The number of amides is 2. The first-order chi connectivity index (χ1) is 16.0. The van der Waals surface area contributed by atoms with Gasteiger partial charge in [-0.1, -0.05) is 0 Å². The highest BCUT2D eigenvalue weighted by atomic mass is 16.5. The Morgan fingerprint density at radius 2 is 1.48 bits per heavy atom. The Hall–Kier alpha value is -2.24. The molecule has 180 valence electrons. The number of hydrogen-bond acceptors (Lipinski definition) is 4. The van der Waals surface area contributed by atoms with Crippen molar-refractivity contribution >= 4 is 11.8 Å². The highest BCUT2D eigenvalue weighted by molar-refractivity contribution is 5.95. The fourth-order valence-electron chi connectivity index (χ4n) is 7.65. The van der Waals surface area contributed by atoms with Crippen molar-refractivity contribution in [3.05, 3.63) is 23.8 Å². The molecule has 4 bridgehead atoms. The zero-order valence-corrected chi connectivity index (χ0v) is 20.1. The summed E-state index contributed by atoms with van der Waals surface area (Å²) in [7, 11) is 3.16. The van der Waals surface area contributed by atoms with E-state index in [9.17, 15) is 9.59 Å². The molecular weight excluding hydrogens is 416 g/mol. The Balaban J connectivity index is 1.09. The predicted octanol–water partition coefficient (Wildman–Crippen LogP) is 4.28. The summed E-state index contributed by atoms with van der Waals surface area (Å²) >= 11 is 0. The number of carbonyl (C=O) groups is 2. The number of methoxy groups -OCH3 is 2. The Bertz CT molecular complexity index is 833. The number of nitrogens with one attached hydrogen (secondary N) is 1. The van der Waals surface area contributed by atoms with Gasteiger partial charge in [-0.05, 0) is 93.1 Å². The molecule has 0 unspecified atom stereocenters. The van der Waals surface area contributed by atoms with Gasteiger partial charge in [0, 0.05) is 37.2 Å². The molecule has 5 aliphatic rings. The Kier molecular flexibility index (Phi) is 6.28. The van der Waals surface area contributed by atoms with Crippen LogP contribution in [0.2, 0.25) is 0 Å². The molecule has 6 rings (SSSR count). The lowest BCUT2D eigenvalue weighted by molar-refractivity contribution is -0.126. The molecule has 1 saturated heterocycles. The molecule has 1 aromatic rings. The molecule has 1 N–H and O–H groups in total. The van der Waals surface area contributed by atoms with Crippen LogP contribution in [0, 0.1) is 29.1 Å². The van der Waals surface area contributed by atoms with Gasteiger partial charge >= 0.3 is 0 Å². The monoisotopic (exact) mass is 454 g/mol. The van der Waals surface area contributed by atoms with Gasteiger partial charge in [-0.15, -0.1) is 0 Å². The lowest BCUT2D eigenvalue weighted by Crippen LogP contribution is -2.48. The van der Waals surface area contributed by atoms with Gasteiger partial charge in [0.15, 0.2) is 0 Å².